The molecule has 0 bridgehead atoms. The van der Waals surface area contributed by atoms with Crippen molar-refractivity contribution in [2.45, 2.75) is 303 Å². The van der Waals surface area contributed by atoms with Crippen molar-refractivity contribution >= 4 is 39.5 Å². The van der Waals surface area contributed by atoms with E-state index in [0.717, 1.165) is 141 Å². The number of carbonyl (C=O) groups excluding carboxylic acids is 4. The van der Waals surface area contributed by atoms with Gasteiger partial charge in [0, 0.05) is 25.7 Å². The quantitative estimate of drug-likeness (QED) is 0.0169. The number of allylic oxidation sites excluding steroid dienone is 26. The molecule has 0 aromatic heterocycles. The fraction of sp³-hybridized carbons (Fsp3) is 0.639. The van der Waals surface area contributed by atoms with Gasteiger partial charge in [0.15, 0.2) is 12.2 Å². The molecular formula is C83H136O17P2. The van der Waals surface area contributed by atoms with Crippen LogP contribution in [0.4, 0.5) is 0 Å². The van der Waals surface area contributed by atoms with Crippen LogP contribution in [0.25, 0.3) is 0 Å². The van der Waals surface area contributed by atoms with Crippen LogP contribution in [0.1, 0.15) is 285 Å². The van der Waals surface area contributed by atoms with Crippen LogP contribution in [-0.4, -0.2) is 96.7 Å². The second kappa shape index (κ2) is 74.0. The Balaban J connectivity index is 5.46. The summed E-state index contributed by atoms with van der Waals surface area (Å²) in [5.74, 6) is -2.32. The van der Waals surface area contributed by atoms with Gasteiger partial charge in [0.05, 0.1) is 26.4 Å². The fourth-order valence-electron chi connectivity index (χ4n) is 9.71. The minimum Gasteiger partial charge on any atom is -0.462 e. The van der Waals surface area contributed by atoms with Crippen LogP contribution < -0.4 is 0 Å². The summed E-state index contributed by atoms with van der Waals surface area (Å²) in [5, 5.41) is 10.6. The van der Waals surface area contributed by atoms with Gasteiger partial charge in [-0.3, -0.25) is 37.3 Å². The SMILES string of the molecule is CC/C=C\C/C=C\C/C=C\C/C=C\C/C=C\CCCC(=O)OCC(COP(=O)(O)OCC(O)COP(=O)(O)OCC(COC(=O)CCCCCC/C=C\C/C=C\C/C=C\C/C=C\CC)OC(=O)CCCCCCCCCCCCCCC)OC(=O)CCCC/C=C\C/C=C\C/C=C\C/C=C\CC. The van der Waals surface area contributed by atoms with Gasteiger partial charge < -0.3 is 33.8 Å². The van der Waals surface area contributed by atoms with Crippen LogP contribution in [-0.2, 0) is 65.4 Å². The molecule has 0 spiro atoms. The van der Waals surface area contributed by atoms with E-state index in [1.165, 1.54) is 51.4 Å². The Morgan fingerprint density at radius 1 is 0.284 bits per heavy atom. The molecule has 0 saturated carbocycles. The highest BCUT2D eigenvalue weighted by Gasteiger charge is 2.30. The molecule has 19 heteroatoms. The van der Waals surface area contributed by atoms with E-state index in [4.69, 9.17) is 37.0 Å². The van der Waals surface area contributed by atoms with Gasteiger partial charge in [-0.25, -0.2) is 9.13 Å². The number of aliphatic hydroxyl groups excluding tert-OH is 1. The number of hydrogen-bond donors (Lipinski definition) is 3. The molecule has 0 saturated heterocycles. The number of rotatable bonds is 71. The van der Waals surface area contributed by atoms with E-state index in [-0.39, 0.29) is 25.7 Å². The molecule has 0 aliphatic heterocycles. The van der Waals surface area contributed by atoms with Crippen molar-refractivity contribution in [2.24, 2.45) is 0 Å². The summed E-state index contributed by atoms with van der Waals surface area (Å²) in [6, 6.07) is 0. The number of esters is 4. The molecule has 0 aliphatic rings. The van der Waals surface area contributed by atoms with Crippen LogP contribution in [0, 0.1) is 0 Å². The highest BCUT2D eigenvalue weighted by atomic mass is 31.2. The third-order valence-corrected chi connectivity index (χ3v) is 17.4. The zero-order valence-electron chi connectivity index (χ0n) is 63.2. The number of carbonyl (C=O) groups is 4. The number of aliphatic hydroxyl groups is 1. The van der Waals surface area contributed by atoms with Crippen LogP contribution in [0.5, 0.6) is 0 Å². The van der Waals surface area contributed by atoms with Crippen LogP contribution in [0.15, 0.2) is 158 Å². The third kappa shape index (κ3) is 73.0. The highest BCUT2D eigenvalue weighted by Crippen LogP contribution is 2.45. The summed E-state index contributed by atoms with van der Waals surface area (Å²) in [7, 11) is -10.00. The van der Waals surface area contributed by atoms with Crippen molar-refractivity contribution in [3.05, 3.63) is 158 Å². The molecule has 0 fully saturated rings. The molecule has 0 aromatic rings. The van der Waals surface area contributed by atoms with E-state index in [2.05, 4.69) is 174 Å². The average Bonchev–Trinajstić information content (AvgIpc) is 0.939. The maximum absolute atomic E-state index is 13.1. The van der Waals surface area contributed by atoms with E-state index in [9.17, 15) is 43.2 Å². The number of phosphoric ester groups is 2. The second-order valence-electron chi connectivity index (χ2n) is 25.2. The van der Waals surface area contributed by atoms with E-state index < -0.39 is 97.5 Å². The molecule has 0 aliphatic carbocycles. The summed E-state index contributed by atoms with van der Waals surface area (Å²) < 4.78 is 68.4. The van der Waals surface area contributed by atoms with Gasteiger partial charge in [0.1, 0.15) is 19.3 Å². The Hall–Kier alpha value is -5.32. The summed E-state index contributed by atoms with van der Waals surface area (Å²) in [6.45, 7) is 4.38. The average molecular weight is 1470 g/mol. The normalized spacial score (nSPS) is 14.8. The molecule has 0 amide bonds. The first-order chi connectivity index (χ1) is 49.7. The van der Waals surface area contributed by atoms with Crippen LogP contribution in [0.3, 0.4) is 0 Å². The standard InChI is InChI=1S/C83H136O17P2/c1-5-9-13-17-21-25-29-33-36-38-41-44-47-51-55-59-63-67-80(85)93-73-78(99-82(87)69-65-61-57-53-49-43-32-28-24-20-16-12-8-4)75-97-101(89,90)95-71-77(84)72-96-102(91,92)98-76-79(100-83(88)70-66-62-58-54-50-46-40-35-31-27-23-19-15-11-7-3)74-94-81(86)68-64-60-56-52-48-45-42-39-37-34-30-26-22-18-14-10-6-2/h9-11,13-15,21-23,25-27,33-37,40-42,44-45,50,52,54,56,77-79,84H,5-8,12,16-20,24,28-32,38-39,43,46-49,51,53,55,57-76H2,1-4H3,(H,89,90)(H,91,92)/b13-9-,14-10-,15-11-,25-21-,26-22-,27-23-,36-33-,37-34-,40-35-,44-41-,45-42-,54-50-,56-52-. The topological polar surface area (TPSA) is 237 Å². The lowest BCUT2D eigenvalue weighted by atomic mass is 10.0. The zero-order chi connectivity index (χ0) is 74.6. The molecular weight excluding hydrogens is 1330 g/mol. The van der Waals surface area contributed by atoms with Crippen molar-refractivity contribution in [2.75, 3.05) is 39.6 Å². The first-order valence-corrected chi connectivity index (χ1v) is 41.7. The molecule has 5 atom stereocenters. The maximum Gasteiger partial charge on any atom is 0.472 e. The Morgan fingerprint density at radius 3 is 0.843 bits per heavy atom. The number of unbranched alkanes of at least 4 members (excludes halogenated alkanes) is 19. The number of phosphoric acid groups is 2. The summed E-state index contributed by atoms with van der Waals surface area (Å²) >= 11 is 0. The second-order valence-corrected chi connectivity index (χ2v) is 28.1. The fourth-order valence-corrected chi connectivity index (χ4v) is 11.3. The number of hydrogen-bond acceptors (Lipinski definition) is 15. The molecule has 5 unspecified atom stereocenters. The van der Waals surface area contributed by atoms with Crippen molar-refractivity contribution in [3.63, 3.8) is 0 Å². The lowest BCUT2D eigenvalue weighted by Crippen LogP contribution is -2.30. The third-order valence-electron chi connectivity index (χ3n) is 15.5. The Bertz CT molecular complexity index is 2550. The van der Waals surface area contributed by atoms with Gasteiger partial charge in [0.2, 0.25) is 0 Å². The molecule has 17 nitrogen and oxygen atoms in total. The van der Waals surface area contributed by atoms with Crippen molar-refractivity contribution < 1.29 is 80.2 Å². The predicted molar refractivity (Wildman–Crippen MR) is 417 cm³/mol. The highest BCUT2D eigenvalue weighted by molar-refractivity contribution is 7.47. The maximum atomic E-state index is 13.1. The van der Waals surface area contributed by atoms with Gasteiger partial charge in [-0.05, 0) is 141 Å². The van der Waals surface area contributed by atoms with Crippen molar-refractivity contribution in [1.29, 1.82) is 0 Å². The van der Waals surface area contributed by atoms with Crippen molar-refractivity contribution in [1.82, 2.24) is 0 Å². The molecule has 580 valence electrons. The first-order valence-electron chi connectivity index (χ1n) is 38.7. The molecule has 0 aromatic carbocycles. The minimum absolute atomic E-state index is 0.0250. The molecule has 3 N–H and O–H groups in total. The van der Waals surface area contributed by atoms with Gasteiger partial charge in [-0.1, -0.05) is 276 Å². The molecule has 0 rings (SSSR count). The van der Waals surface area contributed by atoms with E-state index in [1.54, 1.807) is 0 Å². The summed E-state index contributed by atoms with van der Waals surface area (Å²) in [5.41, 5.74) is 0. The summed E-state index contributed by atoms with van der Waals surface area (Å²) in [4.78, 5) is 72.9. The minimum atomic E-state index is -5.01. The molecule has 0 heterocycles. The lowest BCUT2D eigenvalue weighted by molar-refractivity contribution is -0.161. The summed E-state index contributed by atoms with van der Waals surface area (Å²) in [6.07, 6.45) is 85.3. The predicted octanol–water partition coefficient (Wildman–Crippen LogP) is 22.4. The largest absolute Gasteiger partial charge is 0.472 e. The van der Waals surface area contributed by atoms with Gasteiger partial charge in [0.25, 0.3) is 0 Å². The Labute approximate surface area is 617 Å². The van der Waals surface area contributed by atoms with Gasteiger partial charge >= 0.3 is 39.5 Å². The van der Waals surface area contributed by atoms with E-state index in [0.29, 0.717) is 38.5 Å². The van der Waals surface area contributed by atoms with Gasteiger partial charge in [-0.15, -0.1) is 0 Å². The molecule has 102 heavy (non-hydrogen) atoms. The van der Waals surface area contributed by atoms with Gasteiger partial charge in [-0.2, -0.15) is 0 Å². The Morgan fingerprint density at radius 2 is 0.520 bits per heavy atom. The van der Waals surface area contributed by atoms with Crippen LogP contribution in [0.2, 0.25) is 0 Å². The first kappa shape index (κ1) is 96.7. The van der Waals surface area contributed by atoms with E-state index in [1.807, 2.05) is 12.2 Å². The van der Waals surface area contributed by atoms with Crippen LogP contribution >= 0.6 is 15.6 Å². The monoisotopic (exact) mass is 1470 g/mol. The zero-order valence-corrected chi connectivity index (χ0v) is 65.0. The number of ether oxygens (including phenoxy) is 4. The smallest absolute Gasteiger partial charge is 0.462 e. The molecule has 0 radical (unpaired) electrons. The van der Waals surface area contributed by atoms with Crippen molar-refractivity contribution in [3.8, 4) is 0 Å². The lowest BCUT2D eigenvalue weighted by Gasteiger charge is -2.21. The van der Waals surface area contributed by atoms with E-state index >= 15 is 0 Å². The Kier molecular flexibility index (Phi) is 70.1.